The van der Waals surface area contributed by atoms with E-state index in [0.717, 1.165) is 22.4 Å². The van der Waals surface area contributed by atoms with Crippen molar-refractivity contribution in [2.75, 3.05) is 18.4 Å². The maximum Gasteiger partial charge on any atom is 0.255 e. The molecule has 0 aromatic heterocycles. The number of nitrogens with two attached hydrogens (primary N) is 1. The first-order valence-corrected chi connectivity index (χ1v) is 10.6. The zero-order chi connectivity index (χ0) is 23.1. The van der Waals surface area contributed by atoms with Crippen molar-refractivity contribution in [3.63, 3.8) is 0 Å². The van der Waals surface area contributed by atoms with E-state index < -0.39 is 30.1 Å². The maximum absolute atomic E-state index is 12.7. The summed E-state index contributed by atoms with van der Waals surface area (Å²) in [7, 11) is 0. The van der Waals surface area contributed by atoms with Crippen LogP contribution in [-0.4, -0.2) is 52.2 Å². The number of aliphatic hydroxyl groups excluding tert-OH is 2. The Morgan fingerprint density at radius 3 is 2.47 bits per heavy atom. The first kappa shape index (κ1) is 23.5. The van der Waals surface area contributed by atoms with Gasteiger partial charge in [0.2, 0.25) is 0 Å². The lowest BCUT2D eigenvalue weighted by Crippen LogP contribution is -2.51. The molecule has 2 aromatic carbocycles. The van der Waals surface area contributed by atoms with E-state index in [1.807, 2.05) is 48.5 Å². The van der Waals surface area contributed by atoms with Crippen LogP contribution in [0.5, 0.6) is 0 Å². The summed E-state index contributed by atoms with van der Waals surface area (Å²) in [5.74, 6) is -1.46. The fraction of sp³-hybridized carbons (Fsp3) is 0.333. The molecule has 2 aromatic rings. The first-order chi connectivity index (χ1) is 15.4. The Morgan fingerprint density at radius 1 is 1.09 bits per heavy atom. The summed E-state index contributed by atoms with van der Waals surface area (Å²) in [6, 6.07) is 14.7. The zero-order valence-corrected chi connectivity index (χ0v) is 18.1. The average molecular weight is 439 g/mol. The summed E-state index contributed by atoms with van der Waals surface area (Å²) in [5.41, 5.74) is 9.24. The molecule has 0 spiro atoms. The molecule has 1 aliphatic rings. The van der Waals surface area contributed by atoms with E-state index in [4.69, 9.17) is 5.73 Å². The van der Waals surface area contributed by atoms with E-state index in [-0.39, 0.29) is 0 Å². The third-order valence-corrected chi connectivity index (χ3v) is 5.54. The summed E-state index contributed by atoms with van der Waals surface area (Å²) in [6.45, 7) is 2.98. The Balaban J connectivity index is 1.55. The van der Waals surface area contributed by atoms with E-state index >= 15 is 0 Å². The number of fused-ring (bicyclic) bond motifs is 1. The normalized spacial score (nSPS) is 16.2. The van der Waals surface area contributed by atoms with Gasteiger partial charge in [-0.3, -0.25) is 9.59 Å². The quantitative estimate of drug-likeness (QED) is 0.419. The molecule has 2 amide bonds. The molecule has 3 rings (SSSR count). The molecule has 8 nitrogen and oxygen atoms in total. The van der Waals surface area contributed by atoms with E-state index in [1.54, 1.807) is 19.2 Å². The van der Waals surface area contributed by atoms with Gasteiger partial charge in [0.1, 0.15) is 0 Å². The van der Waals surface area contributed by atoms with Crippen molar-refractivity contribution in [1.29, 1.82) is 0 Å². The lowest BCUT2D eigenvalue weighted by Gasteiger charge is -2.31. The van der Waals surface area contributed by atoms with E-state index in [1.165, 1.54) is 4.90 Å². The number of rotatable bonds is 8. The van der Waals surface area contributed by atoms with Gasteiger partial charge in [-0.25, -0.2) is 0 Å². The van der Waals surface area contributed by atoms with Gasteiger partial charge in [-0.05, 0) is 48.4 Å². The molecule has 6 N–H and O–H groups in total. The Hall–Kier alpha value is -3.20. The number of benzene rings is 2. The molecule has 3 atom stereocenters. The minimum absolute atomic E-state index is 0.345. The van der Waals surface area contributed by atoms with Gasteiger partial charge >= 0.3 is 0 Å². The predicted octanol–water partition coefficient (Wildman–Crippen LogP) is 1.05. The molecule has 0 saturated carbocycles. The Morgan fingerprint density at radius 2 is 1.78 bits per heavy atom. The third-order valence-electron chi connectivity index (χ3n) is 5.54. The molecular weight excluding hydrogens is 408 g/mol. The number of nitrogens with zero attached hydrogens (tertiary/aromatic N) is 1. The van der Waals surface area contributed by atoms with Crippen LogP contribution in [0, 0.1) is 0 Å². The highest BCUT2D eigenvalue weighted by atomic mass is 16.3. The smallest absolute Gasteiger partial charge is 0.255 e. The average Bonchev–Trinajstić information content (AvgIpc) is 2.82. The molecule has 32 heavy (non-hydrogen) atoms. The van der Waals surface area contributed by atoms with Gasteiger partial charge in [0, 0.05) is 25.3 Å². The van der Waals surface area contributed by atoms with Crippen molar-refractivity contribution < 1.29 is 19.8 Å². The van der Waals surface area contributed by atoms with Crippen molar-refractivity contribution >= 4 is 17.5 Å². The standard InChI is InChI=1S/C24H30N4O4/c1-16(17-7-9-20(10-8-17)26-13-4-12-25)27-23(31)21(29)22(30)24(32)28-14-11-18-5-2-3-6-19(18)15-28/h2-10,13,16,21-22,26,29-30H,11-12,14-15,25H2,1H3,(H,27,31)/b13-4-/t16-,21-,22-/m1/s1. The largest absolute Gasteiger partial charge is 0.380 e. The molecule has 170 valence electrons. The van der Waals surface area contributed by atoms with Gasteiger partial charge in [-0.2, -0.15) is 0 Å². The number of anilines is 1. The SMILES string of the molecule is C[C@@H](NC(=O)[C@H](O)[C@@H](O)C(=O)N1CCc2ccccc2C1)c1ccc(N/C=C\CN)cc1. The highest BCUT2D eigenvalue weighted by Gasteiger charge is 2.35. The summed E-state index contributed by atoms with van der Waals surface area (Å²) in [4.78, 5) is 26.6. The van der Waals surface area contributed by atoms with Crippen LogP contribution in [0.25, 0.3) is 0 Å². The van der Waals surface area contributed by atoms with Gasteiger partial charge in [0.05, 0.1) is 6.04 Å². The lowest BCUT2D eigenvalue weighted by atomic mass is 9.99. The topological polar surface area (TPSA) is 128 Å². The highest BCUT2D eigenvalue weighted by molar-refractivity contribution is 5.91. The number of aliphatic hydroxyl groups is 2. The van der Waals surface area contributed by atoms with Crippen molar-refractivity contribution in [3.05, 3.63) is 77.5 Å². The summed E-state index contributed by atoms with van der Waals surface area (Å²) in [5, 5.41) is 26.4. The number of carbonyl (C=O) groups is 2. The van der Waals surface area contributed by atoms with Gasteiger partial charge < -0.3 is 31.5 Å². The second-order valence-corrected chi connectivity index (χ2v) is 7.80. The minimum Gasteiger partial charge on any atom is -0.380 e. The lowest BCUT2D eigenvalue weighted by molar-refractivity contribution is -0.154. The monoisotopic (exact) mass is 438 g/mol. The van der Waals surface area contributed by atoms with Crippen molar-refractivity contribution in [2.24, 2.45) is 5.73 Å². The number of carbonyl (C=O) groups excluding carboxylic acids is 2. The van der Waals surface area contributed by atoms with Crippen LogP contribution in [0.1, 0.15) is 29.7 Å². The van der Waals surface area contributed by atoms with Crippen LogP contribution >= 0.6 is 0 Å². The maximum atomic E-state index is 12.7. The summed E-state index contributed by atoms with van der Waals surface area (Å²) < 4.78 is 0. The molecule has 1 aliphatic heterocycles. The molecule has 8 heteroatoms. The molecule has 0 saturated heterocycles. The molecule has 0 bridgehead atoms. The molecule has 0 aliphatic carbocycles. The predicted molar refractivity (Wildman–Crippen MR) is 122 cm³/mol. The minimum atomic E-state index is -1.86. The van der Waals surface area contributed by atoms with Crippen LogP contribution < -0.4 is 16.4 Å². The second kappa shape index (κ2) is 10.9. The Labute approximate surface area is 187 Å². The number of hydrogen-bond acceptors (Lipinski definition) is 6. The van der Waals surface area contributed by atoms with E-state index in [0.29, 0.717) is 26.1 Å². The summed E-state index contributed by atoms with van der Waals surface area (Å²) in [6.07, 6.45) is 0.516. The second-order valence-electron chi connectivity index (χ2n) is 7.80. The Kier molecular flexibility index (Phi) is 7.99. The van der Waals surface area contributed by atoms with Gasteiger partial charge in [-0.15, -0.1) is 0 Å². The number of amides is 2. The molecule has 1 heterocycles. The van der Waals surface area contributed by atoms with Crippen LogP contribution in [0.2, 0.25) is 0 Å². The van der Waals surface area contributed by atoms with E-state index in [2.05, 4.69) is 10.6 Å². The third kappa shape index (κ3) is 5.73. The fourth-order valence-corrected chi connectivity index (χ4v) is 3.62. The fourth-order valence-electron chi connectivity index (χ4n) is 3.62. The van der Waals surface area contributed by atoms with E-state index in [9.17, 15) is 19.8 Å². The Bertz CT molecular complexity index is 961. The molecular formula is C24H30N4O4. The van der Waals surface area contributed by atoms with Crippen LogP contribution in [-0.2, 0) is 22.6 Å². The van der Waals surface area contributed by atoms with Gasteiger partial charge in [0.25, 0.3) is 11.8 Å². The van der Waals surface area contributed by atoms with Crippen molar-refractivity contribution in [2.45, 2.75) is 38.1 Å². The van der Waals surface area contributed by atoms with Crippen molar-refractivity contribution in [1.82, 2.24) is 10.2 Å². The van der Waals surface area contributed by atoms with Crippen LogP contribution in [0.15, 0.2) is 60.8 Å². The van der Waals surface area contributed by atoms with Crippen LogP contribution in [0.3, 0.4) is 0 Å². The van der Waals surface area contributed by atoms with Gasteiger partial charge in [0.15, 0.2) is 12.2 Å². The number of nitrogens with one attached hydrogen (secondary N) is 2. The van der Waals surface area contributed by atoms with Crippen LogP contribution in [0.4, 0.5) is 5.69 Å². The first-order valence-electron chi connectivity index (χ1n) is 10.6. The number of hydrogen-bond donors (Lipinski definition) is 5. The van der Waals surface area contributed by atoms with Crippen molar-refractivity contribution in [3.8, 4) is 0 Å². The molecule has 0 radical (unpaired) electrons. The van der Waals surface area contributed by atoms with Gasteiger partial charge in [-0.1, -0.05) is 42.5 Å². The zero-order valence-electron chi connectivity index (χ0n) is 18.1. The molecule has 0 fully saturated rings. The molecule has 0 unspecified atom stereocenters. The summed E-state index contributed by atoms with van der Waals surface area (Å²) >= 11 is 0. The highest BCUT2D eigenvalue weighted by Crippen LogP contribution is 2.20.